The van der Waals surface area contributed by atoms with Crippen LogP contribution in [0.3, 0.4) is 0 Å². The number of nitrogens with zero attached hydrogens (tertiary/aromatic N) is 2. The smallest absolute Gasteiger partial charge is 0.406 e. The third-order valence-corrected chi connectivity index (χ3v) is 4.13. The van der Waals surface area contributed by atoms with Crippen molar-refractivity contribution in [3.05, 3.63) is 28.9 Å². The van der Waals surface area contributed by atoms with Crippen molar-refractivity contribution < 1.29 is 4.42 Å². The van der Waals surface area contributed by atoms with Gasteiger partial charge in [0.2, 0.25) is 0 Å². The molecule has 1 aliphatic rings. The van der Waals surface area contributed by atoms with Crippen molar-refractivity contribution in [1.82, 2.24) is 14.9 Å². The fourth-order valence-corrected chi connectivity index (χ4v) is 3.10. The normalized spacial score (nSPS) is 23.2. The summed E-state index contributed by atoms with van der Waals surface area (Å²) < 4.78 is 6.78. The number of fused-ring (bicyclic) bond motifs is 1. The highest BCUT2D eigenvalue weighted by Gasteiger charge is 2.18. The van der Waals surface area contributed by atoms with Gasteiger partial charge in [0.25, 0.3) is 0 Å². The van der Waals surface area contributed by atoms with Crippen molar-refractivity contribution in [1.29, 1.82) is 0 Å². The molecule has 2 aromatic rings. The quantitative estimate of drug-likeness (QED) is 0.929. The van der Waals surface area contributed by atoms with Gasteiger partial charge in [-0.05, 0) is 30.9 Å². The fraction of sp³-hybridized carbons (Fsp3) is 0.600. The zero-order valence-electron chi connectivity index (χ0n) is 11.8. The third kappa shape index (κ3) is 2.77. The summed E-state index contributed by atoms with van der Waals surface area (Å²) in [5, 5.41) is 3.55. The first-order valence-corrected chi connectivity index (χ1v) is 7.42. The maximum absolute atomic E-state index is 11.8. The number of pyridine rings is 1. The Morgan fingerprint density at radius 3 is 3.25 bits per heavy atom. The van der Waals surface area contributed by atoms with Gasteiger partial charge in [0.15, 0.2) is 11.2 Å². The Bertz CT molecular complexity index is 631. The van der Waals surface area contributed by atoms with Gasteiger partial charge in [-0.25, -0.2) is 9.78 Å². The highest BCUT2D eigenvalue weighted by Crippen LogP contribution is 2.23. The van der Waals surface area contributed by atoms with Crippen molar-refractivity contribution >= 4 is 11.2 Å². The number of rotatable bonds is 4. The van der Waals surface area contributed by atoms with Crippen molar-refractivity contribution in [2.45, 2.75) is 45.2 Å². The molecule has 1 fully saturated rings. The fourth-order valence-electron chi connectivity index (χ4n) is 3.10. The van der Waals surface area contributed by atoms with E-state index in [-0.39, 0.29) is 5.76 Å². The molecular formula is C15H21N3O2. The lowest BCUT2D eigenvalue weighted by Crippen LogP contribution is -2.36. The number of nitrogens with one attached hydrogen (secondary N) is 1. The van der Waals surface area contributed by atoms with Crippen LogP contribution in [0.4, 0.5) is 0 Å². The first-order chi connectivity index (χ1) is 9.74. The molecule has 2 heterocycles. The van der Waals surface area contributed by atoms with Crippen LogP contribution in [-0.2, 0) is 6.54 Å². The van der Waals surface area contributed by atoms with Crippen molar-refractivity contribution in [2.24, 2.45) is 5.92 Å². The molecule has 0 aromatic carbocycles. The van der Waals surface area contributed by atoms with Gasteiger partial charge in [-0.15, -0.1) is 0 Å². The Kier molecular flexibility index (Phi) is 3.87. The van der Waals surface area contributed by atoms with Gasteiger partial charge >= 0.3 is 5.76 Å². The highest BCUT2D eigenvalue weighted by molar-refractivity contribution is 5.67. The summed E-state index contributed by atoms with van der Waals surface area (Å²) in [6.45, 7) is 3.70. The van der Waals surface area contributed by atoms with Gasteiger partial charge in [-0.3, -0.25) is 4.57 Å². The van der Waals surface area contributed by atoms with Crippen LogP contribution >= 0.6 is 0 Å². The van der Waals surface area contributed by atoms with E-state index in [9.17, 15) is 4.79 Å². The summed E-state index contributed by atoms with van der Waals surface area (Å²) >= 11 is 0. The molecule has 1 saturated carbocycles. The minimum absolute atomic E-state index is 0.322. The standard InChI is InChI=1S/C15H21N3O2/c1-11-4-2-5-12(10-11)16-8-9-18-14-13(20-15(18)19)6-3-7-17-14/h3,6-7,11-12,16H,2,4-5,8-10H2,1H3. The number of hydrogen-bond acceptors (Lipinski definition) is 4. The van der Waals surface area contributed by atoms with Gasteiger partial charge in [0.1, 0.15) is 0 Å². The van der Waals surface area contributed by atoms with E-state index in [1.807, 2.05) is 0 Å². The molecule has 0 spiro atoms. The van der Waals surface area contributed by atoms with E-state index in [0.717, 1.165) is 12.5 Å². The summed E-state index contributed by atoms with van der Waals surface area (Å²) in [5.41, 5.74) is 1.19. The van der Waals surface area contributed by atoms with Crippen LogP contribution in [0.5, 0.6) is 0 Å². The van der Waals surface area contributed by atoms with Gasteiger partial charge in [-0.1, -0.05) is 19.8 Å². The Morgan fingerprint density at radius 1 is 1.50 bits per heavy atom. The Morgan fingerprint density at radius 2 is 2.40 bits per heavy atom. The molecule has 20 heavy (non-hydrogen) atoms. The number of hydrogen-bond donors (Lipinski definition) is 1. The first kappa shape index (κ1) is 13.4. The van der Waals surface area contributed by atoms with E-state index in [4.69, 9.17) is 4.42 Å². The molecule has 0 amide bonds. The Hall–Kier alpha value is -1.62. The molecule has 0 aliphatic heterocycles. The zero-order valence-corrected chi connectivity index (χ0v) is 11.8. The molecule has 5 heteroatoms. The molecule has 0 bridgehead atoms. The van der Waals surface area contributed by atoms with Gasteiger partial charge in [0, 0.05) is 25.3 Å². The van der Waals surface area contributed by atoms with Crippen molar-refractivity contribution in [3.63, 3.8) is 0 Å². The van der Waals surface area contributed by atoms with Crippen LogP contribution in [0.2, 0.25) is 0 Å². The molecule has 1 aliphatic carbocycles. The predicted molar refractivity (Wildman–Crippen MR) is 77.7 cm³/mol. The molecule has 2 aromatic heterocycles. The minimum atomic E-state index is -0.322. The lowest BCUT2D eigenvalue weighted by molar-refractivity contribution is 0.298. The van der Waals surface area contributed by atoms with Crippen LogP contribution < -0.4 is 11.1 Å². The van der Waals surface area contributed by atoms with Gasteiger partial charge < -0.3 is 9.73 Å². The summed E-state index contributed by atoms with van der Waals surface area (Å²) in [6.07, 6.45) is 6.80. The van der Waals surface area contributed by atoms with E-state index < -0.39 is 0 Å². The molecule has 2 atom stereocenters. The third-order valence-electron chi connectivity index (χ3n) is 4.13. The summed E-state index contributed by atoms with van der Waals surface area (Å²) in [7, 11) is 0. The minimum Gasteiger partial charge on any atom is -0.406 e. The lowest BCUT2D eigenvalue weighted by Gasteiger charge is -2.27. The molecular weight excluding hydrogens is 254 g/mol. The van der Waals surface area contributed by atoms with Crippen molar-refractivity contribution in [2.75, 3.05) is 6.54 Å². The first-order valence-electron chi connectivity index (χ1n) is 7.42. The molecule has 3 rings (SSSR count). The maximum Gasteiger partial charge on any atom is 0.421 e. The Balaban J connectivity index is 1.62. The second kappa shape index (κ2) is 5.79. The zero-order chi connectivity index (χ0) is 13.9. The average molecular weight is 275 g/mol. The average Bonchev–Trinajstić information content (AvgIpc) is 2.75. The largest absolute Gasteiger partial charge is 0.421 e. The second-order valence-electron chi connectivity index (χ2n) is 5.77. The van der Waals surface area contributed by atoms with Crippen LogP contribution in [0.25, 0.3) is 11.2 Å². The second-order valence-corrected chi connectivity index (χ2v) is 5.77. The van der Waals surface area contributed by atoms with E-state index in [1.54, 1.807) is 22.9 Å². The van der Waals surface area contributed by atoms with Gasteiger partial charge in [-0.2, -0.15) is 0 Å². The molecule has 0 radical (unpaired) electrons. The molecule has 5 nitrogen and oxygen atoms in total. The van der Waals surface area contributed by atoms with E-state index >= 15 is 0 Å². The van der Waals surface area contributed by atoms with Crippen LogP contribution in [0.1, 0.15) is 32.6 Å². The topological polar surface area (TPSA) is 60.1 Å². The van der Waals surface area contributed by atoms with Crippen LogP contribution in [-0.4, -0.2) is 22.1 Å². The van der Waals surface area contributed by atoms with Crippen molar-refractivity contribution in [3.8, 4) is 0 Å². The monoisotopic (exact) mass is 275 g/mol. The molecule has 2 unspecified atom stereocenters. The highest BCUT2D eigenvalue weighted by atomic mass is 16.4. The number of aromatic nitrogens is 2. The van der Waals surface area contributed by atoms with E-state index in [2.05, 4.69) is 17.2 Å². The predicted octanol–water partition coefficient (Wildman–Crippen LogP) is 2.16. The van der Waals surface area contributed by atoms with Gasteiger partial charge in [0.05, 0.1) is 0 Å². The van der Waals surface area contributed by atoms with E-state index in [0.29, 0.717) is 23.8 Å². The summed E-state index contributed by atoms with van der Waals surface area (Å²) in [4.78, 5) is 16.0. The molecule has 1 N–H and O–H groups in total. The molecule has 108 valence electrons. The lowest BCUT2D eigenvalue weighted by atomic mass is 9.87. The molecule has 0 saturated heterocycles. The van der Waals surface area contributed by atoms with E-state index in [1.165, 1.54) is 25.7 Å². The number of oxazole rings is 1. The summed E-state index contributed by atoms with van der Waals surface area (Å²) in [6, 6.07) is 4.13. The van der Waals surface area contributed by atoms with Crippen LogP contribution in [0.15, 0.2) is 27.5 Å². The SMILES string of the molecule is CC1CCCC(NCCn2c(=O)oc3cccnc32)C1. The maximum atomic E-state index is 11.8. The summed E-state index contributed by atoms with van der Waals surface area (Å²) in [5.74, 6) is 0.484. The Labute approximate surface area is 118 Å². The van der Waals surface area contributed by atoms with Crippen LogP contribution in [0, 0.1) is 5.92 Å².